The zero-order valence-corrected chi connectivity index (χ0v) is 11.4. The van der Waals surface area contributed by atoms with Gasteiger partial charge in [-0.2, -0.15) is 0 Å². The highest BCUT2D eigenvalue weighted by atomic mass is 32.2. The Morgan fingerprint density at radius 3 is 2.53 bits per heavy atom. The molecule has 2 atom stereocenters. The molecule has 2 fully saturated rings. The summed E-state index contributed by atoms with van der Waals surface area (Å²) in [5.41, 5.74) is 0. The summed E-state index contributed by atoms with van der Waals surface area (Å²) < 4.78 is 24.9. The molecule has 2 rings (SSSR count). The van der Waals surface area contributed by atoms with Crippen molar-refractivity contribution in [3.05, 3.63) is 0 Å². The molecule has 0 aliphatic heterocycles. The fourth-order valence-corrected chi connectivity index (χ4v) is 3.50. The second-order valence-electron chi connectivity index (χ2n) is 5.44. The van der Waals surface area contributed by atoms with Crippen molar-refractivity contribution in [1.82, 2.24) is 10.0 Å². The molecule has 0 aromatic heterocycles. The molecular formula is C12H24N2O2S. The molecule has 5 heteroatoms. The first-order chi connectivity index (χ1) is 8.11. The van der Waals surface area contributed by atoms with Crippen LogP contribution in [0.3, 0.4) is 0 Å². The van der Waals surface area contributed by atoms with E-state index in [1.54, 1.807) is 0 Å². The molecule has 0 aromatic rings. The first-order valence-electron chi connectivity index (χ1n) is 6.75. The van der Waals surface area contributed by atoms with Crippen LogP contribution in [0.25, 0.3) is 0 Å². The first kappa shape index (κ1) is 13.3. The van der Waals surface area contributed by atoms with Crippen LogP contribution >= 0.6 is 0 Å². The van der Waals surface area contributed by atoms with Gasteiger partial charge in [0.15, 0.2) is 0 Å². The first-order valence-corrected chi connectivity index (χ1v) is 8.40. The maximum absolute atomic E-state index is 11.3. The molecule has 2 saturated carbocycles. The Morgan fingerprint density at radius 1 is 1.12 bits per heavy atom. The fraction of sp³-hybridized carbons (Fsp3) is 1.00. The summed E-state index contributed by atoms with van der Waals surface area (Å²) in [6, 6.07) is 0.543. The van der Waals surface area contributed by atoms with Crippen molar-refractivity contribution in [2.45, 2.75) is 44.6 Å². The van der Waals surface area contributed by atoms with Crippen LogP contribution in [0, 0.1) is 11.8 Å². The molecule has 0 heterocycles. The number of rotatable bonds is 6. The van der Waals surface area contributed by atoms with Crippen molar-refractivity contribution in [2.75, 3.05) is 19.3 Å². The van der Waals surface area contributed by atoms with Crippen LogP contribution in [-0.4, -0.2) is 33.8 Å². The Hall–Kier alpha value is -0.130. The zero-order chi connectivity index (χ0) is 12.3. The zero-order valence-electron chi connectivity index (χ0n) is 10.6. The normalized spacial score (nSPS) is 30.4. The maximum atomic E-state index is 11.3. The molecular weight excluding hydrogens is 236 g/mol. The molecule has 2 aliphatic rings. The average Bonchev–Trinajstić information content (AvgIpc) is 3.13. The maximum Gasteiger partial charge on any atom is 0.212 e. The van der Waals surface area contributed by atoms with Gasteiger partial charge >= 0.3 is 0 Å². The van der Waals surface area contributed by atoms with Crippen LogP contribution in [0.1, 0.15) is 38.5 Å². The molecule has 0 saturated heterocycles. The average molecular weight is 260 g/mol. The van der Waals surface area contributed by atoms with Gasteiger partial charge in [-0.1, -0.05) is 12.8 Å². The predicted octanol–water partition coefficient (Wildman–Crippen LogP) is 1.09. The van der Waals surface area contributed by atoms with E-state index in [0.717, 1.165) is 11.8 Å². The van der Waals surface area contributed by atoms with E-state index in [4.69, 9.17) is 0 Å². The predicted molar refractivity (Wildman–Crippen MR) is 69.3 cm³/mol. The number of hydrogen-bond acceptors (Lipinski definition) is 3. The van der Waals surface area contributed by atoms with E-state index >= 15 is 0 Å². The molecule has 0 amide bonds. The SMILES string of the molecule is CNS(=O)(=O)CCNC1CCCC(C2CC2)C1. The highest BCUT2D eigenvalue weighted by Crippen LogP contribution is 2.43. The Morgan fingerprint density at radius 2 is 1.88 bits per heavy atom. The Balaban J connectivity index is 1.68. The van der Waals surface area contributed by atoms with E-state index in [9.17, 15) is 8.42 Å². The minimum atomic E-state index is -3.05. The van der Waals surface area contributed by atoms with Gasteiger partial charge in [0.1, 0.15) is 0 Å². The summed E-state index contributed by atoms with van der Waals surface area (Å²) in [4.78, 5) is 0. The third-order valence-corrected chi connectivity index (χ3v) is 5.48. The lowest BCUT2D eigenvalue weighted by atomic mass is 9.83. The van der Waals surface area contributed by atoms with Crippen LogP contribution in [0.4, 0.5) is 0 Å². The standard InChI is InChI=1S/C12H24N2O2S/c1-13-17(15,16)8-7-14-12-4-2-3-11(9-12)10-5-6-10/h10-14H,2-9H2,1H3. The van der Waals surface area contributed by atoms with Gasteiger partial charge in [0.05, 0.1) is 5.75 Å². The van der Waals surface area contributed by atoms with Gasteiger partial charge in [-0.25, -0.2) is 13.1 Å². The summed E-state index contributed by atoms with van der Waals surface area (Å²) in [5, 5.41) is 3.41. The Kier molecular flexibility index (Phi) is 4.44. The quantitative estimate of drug-likeness (QED) is 0.752. The van der Waals surface area contributed by atoms with E-state index in [1.165, 1.54) is 45.6 Å². The number of sulfonamides is 1. The monoisotopic (exact) mass is 260 g/mol. The highest BCUT2D eigenvalue weighted by molar-refractivity contribution is 7.89. The second-order valence-corrected chi connectivity index (χ2v) is 7.48. The Labute approximate surface area is 105 Å². The van der Waals surface area contributed by atoms with Crippen molar-refractivity contribution in [1.29, 1.82) is 0 Å². The molecule has 0 spiro atoms. The van der Waals surface area contributed by atoms with Crippen LogP contribution < -0.4 is 10.0 Å². The largest absolute Gasteiger partial charge is 0.313 e. The molecule has 2 N–H and O–H groups in total. The highest BCUT2D eigenvalue weighted by Gasteiger charge is 2.34. The van der Waals surface area contributed by atoms with E-state index in [0.29, 0.717) is 12.6 Å². The van der Waals surface area contributed by atoms with Crippen molar-refractivity contribution in [2.24, 2.45) is 11.8 Å². The van der Waals surface area contributed by atoms with Crippen molar-refractivity contribution < 1.29 is 8.42 Å². The molecule has 100 valence electrons. The lowest BCUT2D eigenvalue weighted by Crippen LogP contribution is -2.38. The third-order valence-electron chi connectivity index (χ3n) is 4.12. The molecule has 4 nitrogen and oxygen atoms in total. The summed E-state index contributed by atoms with van der Waals surface area (Å²) in [6.45, 7) is 0.575. The summed E-state index contributed by atoms with van der Waals surface area (Å²) in [7, 11) is -1.58. The van der Waals surface area contributed by atoms with E-state index < -0.39 is 10.0 Å². The lowest BCUT2D eigenvalue weighted by Gasteiger charge is -2.30. The third kappa shape index (κ3) is 4.23. The van der Waals surface area contributed by atoms with Gasteiger partial charge in [0, 0.05) is 12.6 Å². The Bertz CT molecular complexity index is 338. The van der Waals surface area contributed by atoms with Crippen molar-refractivity contribution in [3.63, 3.8) is 0 Å². The molecule has 0 aromatic carbocycles. The molecule has 0 radical (unpaired) electrons. The van der Waals surface area contributed by atoms with Crippen LogP contribution in [-0.2, 0) is 10.0 Å². The van der Waals surface area contributed by atoms with Gasteiger partial charge in [-0.3, -0.25) is 0 Å². The van der Waals surface area contributed by atoms with E-state index in [2.05, 4.69) is 10.0 Å². The summed E-state index contributed by atoms with van der Waals surface area (Å²) >= 11 is 0. The van der Waals surface area contributed by atoms with Gasteiger partial charge in [-0.05, 0) is 44.6 Å². The van der Waals surface area contributed by atoms with Crippen LogP contribution in [0.5, 0.6) is 0 Å². The lowest BCUT2D eigenvalue weighted by molar-refractivity contribution is 0.264. The molecule has 2 unspecified atom stereocenters. The topological polar surface area (TPSA) is 58.2 Å². The van der Waals surface area contributed by atoms with Gasteiger partial charge < -0.3 is 5.32 Å². The minimum absolute atomic E-state index is 0.189. The van der Waals surface area contributed by atoms with Crippen LogP contribution in [0.15, 0.2) is 0 Å². The second kappa shape index (κ2) is 5.67. The number of nitrogens with one attached hydrogen (secondary N) is 2. The molecule has 17 heavy (non-hydrogen) atoms. The molecule has 2 aliphatic carbocycles. The summed E-state index contributed by atoms with van der Waals surface area (Å²) in [5.74, 6) is 2.08. The van der Waals surface area contributed by atoms with E-state index in [-0.39, 0.29) is 5.75 Å². The smallest absolute Gasteiger partial charge is 0.212 e. The summed E-state index contributed by atoms with van der Waals surface area (Å²) in [6.07, 6.45) is 8.00. The van der Waals surface area contributed by atoms with Gasteiger partial charge in [0.25, 0.3) is 0 Å². The van der Waals surface area contributed by atoms with Crippen molar-refractivity contribution in [3.8, 4) is 0 Å². The van der Waals surface area contributed by atoms with Crippen molar-refractivity contribution >= 4 is 10.0 Å². The van der Waals surface area contributed by atoms with Crippen LogP contribution in [0.2, 0.25) is 0 Å². The van der Waals surface area contributed by atoms with Gasteiger partial charge in [0.2, 0.25) is 10.0 Å². The molecule has 0 bridgehead atoms. The fourth-order valence-electron chi connectivity index (χ4n) is 2.91. The number of hydrogen-bond donors (Lipinski definition) is 2. The van der Waals surface area contributed by atoms with Gasteiger partial charge in [-0.15, -0.1) is 0 Å². The minimum Gasteiger partial charge on any atom is -0.313 e. The van der Waals surface area contributed by atoms with E-state index in [1.807, 2.05) is 0 Å².